The van der Waals surface area contributed by atoms with Gasteiger partial charge in [-0.05, 0) is 6.92 Å². The van der Waals surface area contributed by atoms with Crippen molar-refractivity contribution >= 4 is 25.8 Å². The maximum Gasteiger partial charge on any atom is 0.148 e. The summed E-state index contributed by atoms with van der Waals surface area (Å²) in [6.45, 7) is 1.55. The van der Waals surface area contributed by atoms with E-state index in [9.17, 15) is 8.42 Å². The van der Waals surface area contributed by atoms with Crippen molar-refractivity contribution in [2.45, 2.75) is 17.9 Å². The van der Waals surface area contributed by atoms with Gasteiger partial charge in [-0.25, -0.2) is 8.42 Å². The molecule has 0 aliphatic rings. The van der Waals surface area contributed by atoms with E-state index in [0.717, 1.165) is 6.26 Å². The summed E-state index contributed by atoms with van der Waals surface area (Å²) in [5, 5.41) is 8.87. The zero-order valence-electron chi connectivity index (χ0n) is 5.91. The molecule has 0 aromatic carbocycles. The van der Waals surface area contributed by atoms with Crippen LogP contribution in [0, 0.1) is 0 Å². The second kappa shape index (κ2) is 3.69. The number of rotatable bonds is 3. The second-order valence-electron chi connectivity index (χ2n) is 2.35. The van der Waals surface area contributed by atoms with E-state index in [1.54, 1.807) is 6.92 Å². The van der Waals surface area contributed by atoms with Crippen LogP contribution in [0.5, 0.6) is 0 Å². The lowest BCUT2D eigenvalue weighted by Gasteiger charge is -2.10. The van der Waals surface area contributed by atoms with E-state index >= 15 is 0 Å². The third-order valence-corrected chi connectivity index (χ3v) is 3.47. The Labute approximate surface area is 69.5 Å². The largest absolute Gasteiger partial charge is 0.392 e. The van der Waals surface area contributed by atoms with Gasteiger partial charge in [0.25, 0.3) is 0 Å². The molecule has 0 bridgehead atoms. The summed E-state index contributed by atoms with van der Waals surface area (Å²) in [5.74, 6) is -0.0231. The van der Waals surface area contributed by atoms with Crippen molar-refractivity contribution in [1.29, 1.82) is 0 Å². The standard InChI is InChI=1S/C5H11BrO3S/c1-4(7)5(6)3-10(2,8)9/h4-5,7H,3H2,1-2H3. The van der Waals surface area contributed by atoms with Gasteiger partial charge in [0.05, 0.1) is 16.7 Å². The minimum Gasteiger partial charge on any atom is -0.392 e. The van der Waals surface area contributed by atoms with Gasteiger partial charge in [0.15, 0.2) is 0 Å². The predicted molar refractivity (Wildman–Crippen MR) is 44.1 cm³/mol. The summed E-state index contributed by atoms with van der Waals surface area (Å²) >= 11 is 3.05. The molecule has 1 N–H and O–H groups in total. The molecule has 0 spiro atoms. The van der Waals surface area contributed by atoms with Crippen molar-refractivity contribution in [1.82, 2.24) is 0 Å². The third-order valence-electron chi connectivity index (χ3n) is 0.985. The average molecular weight is 231 g/mol. The molecule has 0 aromatic heterocycles. The second-order valence-corrected chi connectivity index (χ2v) is 5.71. The van der Waals surface area contributed by atoms with Crippen LogP contribution in [-0.2, 0) is 9.84 Å². The number of halogens is 1. The Morgan fingerprint density at radius 2 is 2.00 bits per heavy atom. The van der Waals surface area contributed by atoms with E-state index in [1.165, 1.54) is 0 Å². The van der Waals surface area contributed by atoms with Crippen LogP contribution < -0.4 is 0 Å². The third kappa shape index (κ3) is 5.20. The molecule has 2 atom stereocenters. The Kier molecular flexibility index (Phi) is 3.83. The highest BCUT2D eigenvalue weighted by atomic mass is 79.9. The van der Waals surface area contributed by atoms with Gasteiger partial charge in [-0.15, -0.1) is 0 Å². The Bertz CT molecular complexity index is 185. The van der Waals surface area contributed by atoms with Crippen LogP contribution in [0.1, 0.15) is 6.92 Å². The molecular weight excluding hydrogens is 220 g/mol. The van der Waals surface area contributed by atoms with Gasteiger partial charge in [-0.1, -0.05) is 15.9 Å². The Morgan fingerprint density at radius 3 is 2.10 bits per heavy atom. The average Bonchev–Trinajstić information content (AvgIpc) is 1.60. The summed E-state index contributed by atoms with van der Waals surface area (Å²) in [6, 6.07) is 0. The van der Waals surface area contributed by atoms with E-state index in [1.807, 2.05) is 0 Å². The molecular formula is C5H11BrO3S. The molecule has 0 saturated carbocycles. The Morgan fingerprint density at radius 1 is 1.60 bits per heavy atom. The van der Waals surface area contributed by atoms with E-state index in [-0.39, 0.29) is 10.6 Å². The molecule has 0 aromatic rings. The van der Waals surface area contributed by atoms with Crippen molar-refractivity contribution < 1.29 is 13.5 Å². The van der Waals surface area contributed by atoms with E-state index in [4.69, 9.17) is 5.11 Å². The van der Waals surface area contributed by atoms with Crippen molar-refractivity contribution in [2.75, 3.05) is 12.0 Å². The van der Waals surface area contributed by atoms with E-state index < -0.39 is 15.9 Å². The maximum absolute atomic E-state index is 10.6. The van der Waals surface area contributed by atoms with Crippen LogP contribution in [0.25, 0.3) is 0 Å². The van der Waals surface area contributed by atoms with Crippen LogP contribution in [-0.4, -0.2) is 36.5 Å². The number of hydrogen-bond donors (Lipinski definition) is 1. The van der Waals surface area contributed by atoms with Gasteiger partial charge < -0.3 is 5.11 Å². The molecule has 0 radical (unpaired) electrons. The van der Waals surface area contributed by atoms with Crippen LogP contribution in [0.4, 0.5) is 0 Å². The molecule has 0 aliphatic heterocycles. The maximum atomic E-state index is 10.6. The van der Waals surface area contributed by atoms with Crippen molar-refractivity contribution in [3.05, 3.63) is 0 Å². The first-order chi connectivity index (χ1) is 4.33. The fraction of sp³-hybridized carbons (Fsp3) is 1.00. The number of aliphatic hydroxyl groups is 1. The predicted octanol–water partition coefficient (Wildman–Crippen LogP) is 0.175. The van der Waals surface area contributed by atoms with Gasteiger partial charge in [-0.2, -0.15) is 0 Å². The molecule has 0 aliphatic carbocycles. The summed E-state index contributed by atoms with van der Waals surface area (Å²) in [7, 11) is -2.98. The topological polar surface area (TPSA) is 54.4 Å². The van der Waals surface area contributed by atoms with E-state index in [0.29, 0.717) is 0 Å². The van der Waals surface area contributed by atoms with Gasteiger partial charge in [-0.3, -0.25) is 0 Å². The van der Waals surface area contributed by atoms with E-state index in [2.05, 4.69) is 15.9 Å². The zero-order chi connectivity index (χ0) is 8.36. The molecule has 2 unspecified atom stereocenters. The minimum atomic E-state index is -2.98. The van der Waals surface area contributed by atoms with Crippen molar-refractivity contribution in [3.63, 3.8) is 0 Å². The summed E-state index contributed by atoms with van der Waals surface area (Å²) in [5.41, 5.74) is 0. The normalized spacial score (nSPS) is 18.4. The number of aliphatic hydroxyl groups excluding tert-OH is 1. The van der Waals surface area contributed by atoms with Crippen molar-refractivity contribution in [3.8, 4) is 0 Å². The lowest BCUT2D eigenvalue weighted by atomic mass is 10.3. The minimum absolute atomic E-state index is 0.0231. The first-order valence-electron chi connectivity index (χ1n) is 2.83. The van der Waals surface area contributed by atoms with Crippen LogP contribution in [0.2, 0.25) is 0 Å². The molecule has 62 valence electrons. The molecule has 0 saturated heterocycles. The smallest absolute Gasteiger partial charge is 0.148 e. The number of sulfone groups is 1. The van der Waals surface area contributed by atoms with Crippen LogP contribution in [0.3, 0.4) is 0 Å². The van der Waals surface area contributed by atoms with Crippen molar-refractivity contribution in [2.24, 2.45) is 0 Å². The fourth-order valence-corrected chi connectivity index (χ4v) is 2.73. The first kappa shape index (κ1) is 10.4. The number of alkyl halides is 1. The lowest BCUT2D eigenvalue weighted by molar-refractivity contribution is 0.199. The monoisotopic (exact) mass is 230 g/mol. The number of hydrogen-bond acceptors (Lipinski definition) is 3. The molecule has 3 nitrogen and oxygen atoms in total. The molecule has 0 fully saturated rings. The summed E-state index contributed by atoms with van der Waals surface area (Å²) in [4.78, 5) is -0.359. The van der Waals surface area contributed by atoms with Gasteiger partial charge in [0, 0.05) is 6.26 Å². The molecule has 0 amide bonds. The summed E-state index contributed by atoms with van der Waals surface area (Å²) in [6.07, 6.45) is 0.513. The van der Waals surface area contributed by atoms with Crippen LogP contribution in [0.15, 0.2) is 0 Å². The molecule has 0 rings (SSSR count). The zero-order valence-corrected chi connectivity index (χ0v) is 8.31. The van der Waals surface area contributed by atoms with Gasteiger partial charge in [0.1, 0.15) is 9.84 Å². The molecule has 10 heavy (non-hydrogen) atoms. The highest BCUT2D eigenvalue weighted by molar-refractivity contribution is 9.09. The lowest BCUT2D eigenvalue weighted by Crippen LogP contribution is -2.24. The van der Waals surface area contributed by atoms with Gasteiger partial charge in [0.2, 0.25) is 0 Å². The quantitative estimate of drug-likeness (QED) is 0.704. The fourth-order valence-electron chi connectivity index (χ4n) is 0.428. The van der Waals surface area contributed by atoms with Crippen LogP contribution >= 0.6 is 15.9 Å². The first-order valence-corrected chi connectivity index (χ1v) is 5.80. The molecule has 5 heteroatoms. The highest BCUT2D eigenvalue weighted by Crippen LogP contribution is 2.07. The Balaban J connectivity index is 3.93. The van der Waals surface area contributed by atoms with Gasteiger partial charge >= 0.3 is 0 Å². The highest BCUT2D eigenvalue weighted by Gasteiger charge is 2.16. The Hall–Kier alpha value is 0.390. The summed E-state index contributed by atoms with van der Waals surface area (Å²) < 4.78 is 21.2. The SMILES string of the molecule is CC(O)C(Br)CS(C)(=O)=O. The molecule has 0 heterocycles.